The van der Waals surface area contributed by atoms with Crippen LogP contribution in [-0.2, 0) is 0 Å². The maximum Gasteiger partial charge on any atom is 0.322 e. The molecule has 1 N–H and O–H groups in total. The van der Waals surface area contributed by atoms with Gasteiger partial charge in [0.2, 0.25) is 0 Å². The minimum Gasteiger partial charge on any atom is -0.466 e. The second kappa shape index (κ2) is 5.53. The van der Waals surface area contributed by atoms with Crippen LogP contribution >= 0.6 is 11.7 Å². The summed E-state index contributed by atoms with van der Waals surface area (Å²) in [6, 6.07) is 6.89. The molecular formula is C15H11N5O3S. The van der Waals surface area contributed by atoms with E-state index in [1.54, 1.807) is 24.3 Å². The van der Waals surface area contributed by atoms with Crippen LogP contribution in [-0.4, -0.2) is 24.9 Å². The van der Waals surface area contributed by atoms with Gasteiger partial charge >= 0.3 is 6.01 Å². The van der Waals surface area contributed by atoms with E-state index in [9.17, 15) is 4.79 Å². The molecule has 120 valence electrons. The average molecular weight is 341 g/mol. The van der Waals surface area contributed by atoms with Crippen LogP contribution in [0.4, 0.5) is 6.01 Å². The molecule has 0 spiro atoms. The summed E-state index contributed by atoms with van der Waals surface area (Å²) >= 11 is 1.10. The Bertz CT molecular complexity index is 1050. The van der Waals surface area contributed by atoms with E-state index in [0.717, 1.165) is 23.0 Å². The van der Waals surface area contributed by atoms with Crippen molar-refractivity contribution in [3.8, 4) is 11.5 Å². The molecule has 24 heavy (non-hydrogen) atoms. The van der Waals surface area contributed by atoms with Gasteiger partial charge in [-0.05, 0) is 38.1 Å². The van der Waals surface area contributed by atoms with Gasteiger partial charge < -0.3 is 8.83 Å². The summed E-state index contributed by atoms with van der Waals surface area (Å²) in [4.78, 5) is 12.3. The normalized spacial score (nSPS) is 11.1. The molecule has 3 aromatic heterocycles. The fourth-order valence-corrected chi connectivity index (χ4v) is 2.84. The molecular weight excluding hydrogens is 330 g/mol. The van der Waals surface area contributed by atoms with Crippen LogP contribution in [0.25, 0.3) is 22.5 Å². The Morgan fingerprint density at radius 1 is 1.08 bits per heavy atom. The van der Waals surface area contributed by atoms with Crippen molar-refractivity contribution in [2.24, 2.45) is 0 Å². The molecule has 0 bridgehead atoms. The van der Waals surface area contributed by atoms with E-state index < -0.39 is 0 Å². The number of nitrogens with zero attached hydrogens (tertiary/aromatic N) is 4. The van der Waals surface area contributed by atoms with Crippen LogP contribution in [0.1, 0.15) is 21.9 Å². The van der Waals surface area contributed by atoms with E-state index in [2.05, 4.69) is 24.3 Å². The third-order valence-electron chi connectivity index (χ3n) is 3.43. The average Bonchev–Trinajstić information content (AvgIpc) is 3.26. The number of amides is 1. The first-order valence-electron chi connectivity index (χ1n) is 7.05. The molecule has 0 unspecified atom stereocenters. The van der Waals surface area contributed by atoms with E-state index >= 15 is 0 Å². The second-order valence-corrected chi connectivity index (χ2v) is 5.69. The van der Waals surface area contributed by atoms with Crippen LogP contribution in [0.3, 0.4) is 0 Å². The van der Waals surface area contributed by atoms with E-state index in [1.165, 1.54) is 0 Å². The molecule has 4 rings (SSSR count). The number of carbonyl (C=O) groups excluding carboxylic acids is 1. The molecule has 8 nitrogen and oxygen atoms in total. The maximum absolute atomic E-state index is 12.3. The number of hydrogen-bond donors (Lipinski definition) is 1. The van der Waals surface area contributed by atoms with Crippen LogP contribution < -0.4 is 5.32 Å². The highest BCUT2D eigenvalue weighted by atomic mass is 32.1. The highest BCUT2D eigenvalue weighted by molar-refractivity contribution is 7.00. The molecule has 0 saturated heterocycles. The van der Waals surface area contributed by atoms with Gasteiger partial charge in [0.15, 0.2) is 0 Å². The van der Waals surface area contributed by atoms with E-state index in [-0.39, 0.29) is 11.9 Å². The number of fused-ring (bicyclic) bond motifs is 1. The molecule has 0 atom stereocenters. The zero-order valence-electron chi connectivity index (χ0n) is 12.7. The third kappa shape index (κ3) is 2.54. The van der Waals surface area contributed by atoms with E-state index in [0.29, 0.717) is 28.3 Å². The predicted octanol–water partition coefficient (Wildman–Crippen LogP) is 3.20. The number of aromatic nitrogens is 4. The lowest BCUT2D eigenvalue weighted by atomic mass is 10.2. The molecule has 0 radical (unpaired) electrons. The van der Waals surface area contributed by atoms with Crippen molar-refractivity contribution in [1.29, 1.82) is 0 Å². The van der Waals surface area contributed by atoms with Gasteiger partial charge in [-0.1, -0.05) is 5.10 Å². The van der Waals surface area contributed by atoms with Crippen molar-refractivity contribution in [3.05, 3.63) is 41.3 Å². The Morgan fingerprint density at radius 3 is 2.71 bits per heavy atom. The van der Waals surface area contributed by atoms with Gasteiger partial charge in [0.1, 0.15) is 22.6 Å². The van der Waals surface area contributed by atoms with Gasteiger partial charge in [-0.25, -0.2) is 0 Å². The highest BCUT2D eigenvalue weighted by Crippen LogP contribution is 2.26. The van der Waals surface area contributed by atoms with Crippen LogP contribution in [0.5, 0.6) is 0 Å². The number of hydrogen-bond acceptors (Lipinski definition) is 8. The molecule has 1 amide bonds. The number of nitrogens with one attached hydrogen (secondary N) is 1. The predicted molar refractivity (Wildman–Crippen MR) is 86.8 cm³/mol. The second-order valence-electron chi connectivity index (χ2n) is 5.16. The number of aryl methyl sites for hydroxylation is 2. The number of benzene rings is 1. The molecule has 3 heterocycles. The summed E-state index contributed by atoms with van der Waals surface area (Å²) in [5.41, 5.74) is 2.56. The van der Waals surface area contributed by atoms with Crippen molar-refractivity contribution in [1.82, 2.24) is 18.9 Å². The van der Waals surface area contributed by atoms with Crippen LogP contribution in [0.15, 0.2) is 33.1 Å². The standard InChI is InChI=1S/C15H11N5O3S/c1-7-5-10(8(2)22-7)14-17-18-15(23-14)16-13(21)9-3-4-11-12(6-9)20-24-19-11/h3-6H,1-2H3,(H,16,18,21). The largest absolute Gasteiger partial charge is 0.466 e. The Hall–Kier alpha value is -3.07. The van der Waals surface area contributed by atoms with Crippen LogP contribution in [0, 0.1) is 13.8 Å². The lowest BCUT2D eigenvalue weighted by molar-refractivity contribution is 0.102. The summed E-state index contributed by atoms with van der Waals surface area (Å²) in [6.07, 6.45) is 0. The molecule has 1 aromatic carbocycles. The van der Waals surface area contributed by atoms with Crippen molar-refractivity contribution >= 4 is 34.7 Å². The molecule has 0 aliphatic carbocycles. The molecule has 0 fully saturated rings. The lowest BCUT2D eigenvalue weighted by Gasteiger charge is -1.99. The molecule has 0 aliphatic heterocycles. The summed E-state index contributed by atoms with van der Waals surface area (Å²) in [6.45, 7) is 3.64. The van der Waals surface area contributed by atoms with Gasteiger partial charge in [0.25, 0.3) is 11.8 Å². The van der Waals surface area contributed by atoms with Crippen molar-refractivity contribution in [2.45, 2.75) is 13.8 Å². The first kappa shape index (κ1) is 14.5. The van der Waals surface area contributed by atoms with Crippen molar-refractivity contribution < 1.29 is 13.6 Å². The van der Waals surface area contributed by atoms with Crippen molar-refractivity contribution in [3.63, 3.8) is 0 Å². The molecule has 9 heteroatoms. The maximum atomic E-state index is 12.3. The summed E-state index contributed by atoms with van der Waals surface area (Å²) in [7, 11) is 0. The molecule has 0 saturated carbocycles. The van der Waals surface area contributed by atoms with E-state index in [4.69, 9.17) is 8.83 Å². The van der Waals surface area contributed by atoms with Crippen LogP contribution in [0.2, 0.25) is 0 Å². The Balaban J connectivity index is 1.57. The monoisotopic (exact) mass is 341 g/mol. The number of carbonyl (C=O) groups is 1. The van der Waals surface area contributed by atoms with E-state index in [1.807, 2.05) is 13.8 Å². The minimum absolute atomic E-state index is 0.0183. The quantitative estimate of drug-likeness (QED) is 0.609. The number of rotatable bonds is 3. The first-order valence-corrected chi connectivity index (χ1v) is 7.78. The van der Waals surface area contributed by atoms with Gasteiger partial charge in [0, 0.05) is 5.56 Å². The van der Waals surface area contributed by atoms with Crippen molar-refractivity contribution in [2.75, 3.05) is 5.32 Å². The Kier molecular flexibility index (Phi) is 3.35. The fraction of sp³-hybridized carbons (Fsp3) is 0.133. The Morgan fingerprint density at radius 2 is 1.92 bits per heavy atom. The molecule has 0 aliphatic rings. The Labute approximate surface area is 139 Å². The van der Waals surface area contributed by atoms with Gasteiger partial charge in [-0.3, -0.25) is 10.1 Å². The SMILES string of the molecule is Cc1cc(-c2nnc(NC(=O)c3ccc4nsnc4c3)o2)c(C)o1. The van der Waals surface area contributed by atoms with Gasteiger partial charge in [-0.15, -0.1) is 5.10 Å². The topological polar surface area (TPSA) is 107 Å². The lowest BCUT2D eigenvalue weighted by Crippen LogP contribution is -2.12. The third-order valence-corrected chi connectivity index (χ3v) is 3.99. The zero-order chi connectivity index (χ0) is 16.7. The summed E-state index contributed by atoms with van der Waals surface area (Å²) in [5.74, 6) is 1.35. The highest BCUT2D eigenvalue weighted by Gasteiger charge is 2.17. The smallest absolute Gasteiger partial charge is 0.322 e. The molecule has 4 aromatic rings. The minimum atomic E-state index is -0.361. The summed E-state index contributed by atoms with van der Waals surface area (Å²) < 4.78 is 19.1. The van der Waals surface area contributed by atoms with Gasteiger partial charge in [0.05, 0.1) is 17.3 Å². The number of furan rings is 1. The fourth-order valence-electron chi connectivity index (χ4n) is 2.32. The summed E-state index contributed by atoms with van der Waals surface area (Å²) in [5, 5.41) is 10.4. The van der Waals surface area contributed by atoms with Gasteiger partial charge in [-0.2, -0.15) is 8.75 Å². The first-order chi connectivity index (χ1) is 11.6. The number of anilines is 1. The zero-order valence-corrected chi connectivity index (χ0v) is 13.5.